The summed E-state index contributed by atoms with van der Waals surface area (Å²) < 4.78 is 5.53. The zero-order valence-corrected chi connectivity index (χ0v) is 63.7. The number of aliphatic carboxylic acids is 1. The summed E-state index contributed by atoms with van der Waals surface area (Å²) in [5.41, 5.74) is 13.6. The Labute approximate surface area is 657 Å². The number of nitrogens with one attached hydrogen (secondary N) is 11. The average molecular weight is 1580 g/mol. The summed E-state index contributed by atoms with van der Waals surface area (Å²) in [6.45, 7) is 7.04. The number of hydrogen-bond acceptors (Lipinski definition) is 17. The average Bonchev–Trinajstić information content (AvgIpc) is 1.67. The standard InChI is InChI=1S/C80H98ClN15O17/c1-46(2)38-59(70(102)88-58(18-10-32-85-80(83)84)78(110)96-33-11-19-65(96)76(108)86-47(3)69(82)101)89-72(104)62(40-49-20-22-51(23-21-49)44-95-34-36-113-37-35-95)92-77(109)68(53-26-28-54(29-27-53)79(111)112)94-75(107)64(45-97)93-73(105)60(39-48-12-5-4-6-13-48)90-71(103)61(41-50-24-30-56(81)31-25-50)91-74(106)63(87-66(98)43-67(99)100)42-55-16-9-15-52-14-7-8-17-57(52)55/h4-9,12-17,20-31,46-47,58-65,68,97H,10-11,18-19,32-45H2,1-3H3,(H2,82,101)(H,86,108)(H,87,98)(H,88,102)(H,89,104)(H,90,103)(H,91,106)(H,92,109)(H,93,105)(H,94,107)(H,99,100)(H,111,112)(H4,83,84,85)/t47-,58+,59+,60-,61-,62-,63-,64+,65+,68+/m1/s1. The minimum Gasteiger partial charge on any atom is -0.481 e. The van der Waals surface area contributed by atoms with E-state index in [0.29, 0.717) is 66.5 Å². The fourth-order valence-electron chi connectivity index (χ4n) is 13.2. The molecule has 8 rings (SSSR count). The zero-order chi connectivity index (χ0) is 81.8. The number of carboxylic acids is 2. The maximum absolute atomic E-state index is 15.4. The maximum Gasteiger partial charge on any atom is 0.335 e. The molecule has 0 aromatic heterocycles. The molecule has 0 radical (unpaired) electrons. The highest BCUT2D eigenvalue weighted by Gasteiger charge is 2.41. The van der Waals surface area contributed by atoms with Gasteiger partial charge in [0.25, 0.3) is 0 Å². The normalized spacial score (nSPS) is 15.8. The van der Waals surface area contributed by atoms with Crippen LogP contribution < -0.4 is 64.6 Å². The molecule has 32 nitrogen and oxygen atoms in total. The van der Waals surface area contributed by atoms with E-state index in [4.69, 9.17) is 33.2 Å². The van der Waals surface area contributed by atoms with Gasteiger partial charge in [-0.3, -0.25) is 67.8 Å². The van der Waals surface area contributed by atoms with Crippen LogP contribution in [0.1, 0.15) is 109 Å². The second kappa shape index (κ2) is 42.5. The lowest BCUT2D eigenvalue weighted by atomic mass is 9.97. The lowest BCUT2D eigenvalue weighted by Gasteiger charge is -2.31. The molecule has 18 N–H and O–H groups in total. The number of carbonyl (C=O) groups excluding carboxylic acids is 11. The predicted octanol–water partition coefficient (Wildman–Crippen LogP) is 1.30. The predicted molar refractivity (Wildman–Crippen MR) is 416 cm³/mol. The molecule has 10 atom stereocenters. The first kappa shape index (κ1) is 86.7. The quantitative estimate of drug-likeness (QED) is 0.0112. The number of guanidine groups is 1. The molecule has 0 unspecified atom stereocenters. The van der Waals surface area contributed by atoms with Gasteiger partial charge in [0.15, 0.2) is 5.96 Å². The molecule has 602 valence electrons. The van der Waals surface area contributed by atoms with Gasteiger partial charge in [0.2, 0.25) is 65.0 Å². The van der Waals surface area contributed by atoms with Crippen LogP contribution >= 0.6 is 11.6 Å². The van der Waals surface area contributed by atoms with Crippen molar-refractivity contribution in [3.63, 3.8) is 0 Å². The zero-order valence-electron chi connectivity index (χ0n) is 62.9. The monoisotopic (exact) mass is 1580 g/mol. The van der Waals surface area contributed by atoms with Crippen molar-refractivity contribution in [2.45, 2.75) is 152 Å². The number of amides is 11. The lowest BCUT2D eigenvalue weighted by molar-refractivity contribution is -0.142. The summed E-state index contributed by atoms with van der Waals surface area (Å²) in [6, 6.07) is 24.2. The van der Waals surface area contributed by atoms with E-state index in [1.165, 1.54) is 24.0 Å². The maximum atomic E-state index is 15.4. The number of benzene rings is 6. The Hall–Kier alpha value is -11.9. The van der Waals surface area contributed by atoms with Crippen LogP contribution in [0.4, 0.5) is 0 Å². The second-order valence-corrected chi connectivity index (χ2v) is 28.8. The summed E-state index contributed by atoms with van der Waals surface area (Å²) in [7, 11) is 0. The van der Waals surface area contributed by atoms with Crippen LogP contribution in [0.5, 0.6) is 0 Å². The third-order valence-electron chi connectivity index (χ3n) is 19.2. The Morgan fingerprint density at radius 3 is 1.64 bits per heavy atom. The molecule has 33 heteroatoms. The highest BCUT2D eigenvalue weighted by Crippen LogP contribution is 2.24. The van der Waals surface area contributed by atoms with E-state index in [1.54, 1.807) is 98.8 Å². The van der Waals surface area contributed by atoms with Crippen molar-refractivity contribution in [1.29, 1.82) is 5.41 Å². The van der Waals surface area contributed by atoms with Crippen LogP contribution in [0.25, 0.3) is 10.8 Å². The van der Waals surface area contributed by atoms with Gasteiger partial charge in [0.05, 0.1) is 25.4 Å². The molecule has 2 fully saturated rings. The van der Waals surface area contributed by atoms with Crippen molar-refractivity contribution in [1.82, 2.24) is 63.0 Å². The minimum atomic E-state index is -1.94. The van der Waals surface area contributed by atoms with Crippen molar-refractivity contribution >= 4 is 105 Å². The first-order valence-electron chi connectivity index (χ1n) is 37.2. The van der Waals surface area contributed by atoms with E-state index in [0.717, 1.165) is 28.5 Å². The molecule has 6 aromatic rings. The molecule has 2 aliphatic heterocycles. The number of ether oxygens (including phenoxy) is 1. The molecule has 2 saturated heterocycles. The molecule has 113 heavy (non-hydrogen) atoms. The van der Waals surface area contributed by atoms with Crippen molar-refractivity contribution in [3.05, 3.63) is 190 Å². The highest BCUT2D eigenvalue weighted by molar-refractivity contribution is 6.30. The third-order valence-corrected chi connectivity index (χ3v) is 19.4. The van der Waals surface area contributed by atoms with Crippen molar-refractivity contribution < 1.29 is 82.4 Å². The number of nitrogens with two attached hydrogens (primary N) is 2. The third kappa shape index (κ3) is 26.7. The summed E-state index contributed by atoms with van der Waals surface area (Å²) in [4.78, 5) is 186. The van der Waals surface area contributed by atoms with E-state index in [2.05, 4.69) is 58.1 Å². The molecule has 6 aromatic carbocycles. The lowest BCUT2D eigenvalue weighted by Crippen LogP contribution is -2.60. The van der Waals surface area contributed by atoms with Gasteiger partial charge in [-0.2, -0.15) is 0 Å². The molecule has 0 spiro atoms. The van der Waals surface area contributed by atoms with E-state index in [-0.39, 0.29) is 87.5 Å². The smallest absolute Gasteiger partial charge is 0.335 e. The summed E-state index contributed by atoms with van der Waals surface area (Å²) >= 11 is 6.26. The number of carbonyl (C=O) groups is 13. The second-order valence-electron chi connectivity index (χ2n) is 28.3. The van der Waals surface area contributed by atoms with Crippen molar-refractivity contribution in [2.75, 3.05) is 46.0 Å². The van der Waals surface area contributed by atoms with E-state index < -0.39 is 150 Å². The Bertz CT molecular complexity index is 4360. The van der Waals surface area contributed by atoms with Crippen LogP contribution in [0.3, 0.4) is 0 Å². The van der Waals surface area contributed by atoms with Gasteiger partial charge >= 0.3 is 11.9 Å². The number of likely N-dealkylation sites (tertiary alicyclic amines) is 1. The Kier molecular flexibility index (Phi) is 32.6. The number of halogens is 1. The van der Waals surface area contributed by atoms with Crippen LogP contribution in [-0.2, 0) is 94.5 Å². The van der Waals surface area contributed by atoms with Crippen molar-refractivity contribution in [2.24, 2.45) is 17.4 Å². The molecule has 0 aliphatic carbocycles. The van der Waals surface area contributed by atoms with Gasteiger partial charge in [-0.05, 0) is 113 Å². The molecule has 2 aliphatic rings. The number of aliphatic hydroxyl groups excluding tert-OH is 1. The number of primary amides is 1. The molecular weight excluding hydrogens is 1480 g/mol. The highest BCUT2D eigenvalue weighted by atomic mass is 35.5. The van der Waals surface area contributed by atoms with E-state index in [1.807, 2.05) is 36.4 Å². The van der Waals surface area contributed by atoms with Gasteiger partial charge in [0, 0.05) is 63.4 Å². The van der Waals surface area contributed by atoms with Gasteiger partial charge in [0.1, 0.15) is 66.8 Å². The fourth-order valence-corrected chi connectivity index (χ4v) is 13.3. The van der Waals surface area contributed by atoms with Gasteiger partial charge in [-0.1, -0.05) is 147 Å². The summed E-state index contributed by atoms with van der Waals surface area (Å²) in [6.07, 6.45) is -1.22. The van der Waals surface area contributed by atoms with Gasteiger partial charge in [-0.15, -0.1) is 0 Å². The Morgan fingerprint density at radius 1 is 0.549 bits per heavy atom. The molecular formula is C80H98ClN15O17. The number of aromatic carboxylic acids is 1. The number of rotatable bonds is 40. The Balaban J connectivity index is 1.08. The van der Waals surface area contributed by atoms with Gasteiger partial charge in [-0.25, -0.2) is 4.79 Å². The van der Waals surface area contributed by atoms with E-state index >= 15 is 14.4 Å². The van der Waals surface area contributed by atoms with Crippen LogP contribution in [0.15, 0.2) is 146 Å². The van der Waals surface area contributed by atoms with E-state index in [9.17, 15) is 63.3 Å². The van der Waals surface area contributed by atoms with Crippen LogP contribution in [-0.4, -0.2) is 208 Å². The number of nitrogens with zero attached hydrogens (tertiary/aromatic N) is 2. The minimum absolute atomic E-state index is 0.0353. The molecule has 0 bridgehead atoms. The Morgan fingerprint density at radius 2 is 1.06 bits per heavy atom. The first-order valence-corrected chi connectivity index (χ1v) is 37.6. The first-order chi connectivity index (χ1) is 54.0. The number of carboxylic acid groups (broad SMARTS) is 2. The fraction of sp³-hybridized carbons (Fsp3) is 0.400. The number of fused-ring (bicyclic) bond motifs is 1. The molecule has 0 saturated carbocycles. The largest absolute Gasteiger partial charge is 0.481 e. The van der Waals surface area contributed by atoms with Crippen LogP contribution in [0.2, 0.25) is 5.02 Å². The summed E-state index contributed by atoms with van der Waals surface area (Å²) in [5, 5.41) is 66.6. The number of hydrogen-bond donors (Lipinski definition) is 16. The van der Waals surface area contributed by atoms with Crippen LogP contribution in [0, 0.1) is 11.3 Å². The van der Waals surface area contributed by atoms with Crippen molar-refractivity contribution in [3.8, 4) is 0 Å². The number of morpholine rings is 1. The SMILES string of the molecule is CC(C)C[C@H](NC(=O)[C@@H](Cc1ccc(CN2CCOCC2)cc1)NC(=O)[C@@H](NC(=O)[C@H](CO)NC(=O)[C@@H](Cc1ccccc1)NC(=O)[C@@H](Cc1ccc(Cl)cc1)NC(=O)[C@@H](Cc1cccc2ccccc12)NC(=O)CC(=O)O)c1ccc(C(=O)O)cc1)C(=O)N[C@@H](CCCNC(=N)N)C(=O)N1CCC[C@H]1C(=O)N[C@H](C)C(N)=O. The molecule has 2 heterocycles. The van der Waals surface area contributed by atoms with Gasteiger partial charge < -0.3 is 89.6 Å². The molecule has 11 amide bonds. The summed E-state index contributed by atoms with van der Waals surface area (Å²) in [5.74, 6) is -13.6. The number of aliphatic hydroxyl groups is 1. The topological polar surface area (TPSA) is 494 Å².